The van der Waals surface area contributed by atoms with Crippen molar-refractivity contribution in [3.8, 4) is 17.0 Å². The van der Waals surface area contributed by atoms with E-state index in [-0.39, 0.29) is 0 Å². The first-order valence-electron chi connectivity index (χ1n) is 10.4. The Hall–Kier alpha value is -3.41. The monoisotopic (exact) mass is 401 g/mol. The molecule has 0 unspecified atom stereocenters. The topological polar surface area (TPSA) is 45.6 Å². The molecule has 0 saturated carbocycles. The summed E-state index contributed by atoms with van der Waals surface area (Å²) in [5.41, 5.74) is 5.91. The molecular formula is C24H27N5O. The smallest absolute Gasteiger partial charge is 0.129 e. The third-order valence-corrected chi connectivity index (χ3v) is 5.83. The second kappa shape index (κ2) is 7.78. The first-order valence-corrected chi connectivity index (χ1v) is 10.4. The average molecular weight is 402 g/mol. The SMILES string of the molecule is COc1ccccc1-c1cn2c(n1)CN(CCC1=CN(C)CN1)c1ccccc1C2. The molecule has 6 nitrogen and oxygen atoms in total. The Morgan fingerprint density at radius 2 is 1.90 bits per heavy atom. The number of methoxy groups -OCH3 is 1. The van der Waals surface area contributed by atoms with E-state index in [0.29, 0.717) is 0 Å². The number of hydrogen-bond donors (Lipinski definition) is 1. The fourth-order valence-corrected chi connectivity index (χ4v) is 4.29. The first-order chi connectivity index (χ1) is 14.7. The number of hydrogen-bond acceptors (Lipinski definition) is 5. The van der Waals surface area contributed by atoms with E-state index in [4.69, 9.17) is 9.72 Å². The minimum atomic E-state index is 0.787. The normalized spacial score (nSPS) is 15.2. The second-order valence-corrected chi connectivity index (χ2v) is 7.92. The Morgan fingerprint density at radius 3 is 2.73 bits per heavy atom. The lowest BCUT2D eigenvalue weighted by Crippen LogP contribution is -2.26. The van der Waals surface area contributed by atoms with Crippen molar-refractivity contribution in [2.45, 2.75) is 19.5 Å². The molecule has 5 rings (SSSR count). The van der Waals surface area contributed by atoms with Gasteiger partial charge in [0.15, 0.2) is 0 Å². The van der Waals surface area contributed by atoms with Gasteiger partial charge in [-0.1, -0.05) is 30.3 Å². The van der Waals surface area contributed by atoms with Gasteiger partial charge in [0.2, 0.25) is 0 Å². The van der Waals surface area contributed by atoms with Gasteiger partial charge in [0.05, 0.1) is 32.6 Å². The van der Waals surface area contributed by atoms with Crippen molar-refractivity contribution in [1.29, 1.82) is 0 Å². The molecule has 1 N–H and O–H groups in total. The van der Waals surface area contributed by atoms with Crippen molar-refractivity contribution >= 4 is 5.69 Å². The molecule has 0 aliphatic carbocycles. The van der Waals surface area contributed by atoms with Gasteiger partial charge in [-0.15, -0.1) is 0 Å². The molecule has 2 aliphatic rings. The first kappa shape index (κ1) is 18.6. The third-order valence-electron chi connectivity index (χ3n) is 5.83. The van der Waals surface area contributed by atoms with Gasteiger partial charge < -0.3 is 24.4 Å². The average Bonchev–Trinajstić information content (AvgIpc) is 3.34. The van der Waals surface area contributed by atoms with Gasteiger partial charge in [-0.2, -0.15) is 0 Å². The molecule has 0 amide bonds. The van der Waals surface area contributed by atoms with E-state index >= 15 is 0 Å². The van der Waals surface area contributed by atoms with Crippen LogP contribution in [0.3, 0.4) is 0 Å². The largest absolute Gasteiger partial charge is 0.496 e. The molecule has 0 radical (unpaired) electrons. The van der Waals surface area contributed by atoms with Gasteiger partial charge in [-0.3, -0.25) is 0 Å². The van der Waals surface area contributed by atoms with E-state index in [9.17, 15) is 0 Å². The summed E-state index contributed by atoms with van der Waals surface area (Å²) in [6.07, 6.45) is 5.34. The number of aromatic nitrogens is 2. The quantitative estimate of drug-likeness (QED) is 0.707. The summed E-state index contributed by atoms with van der Waals surface area (Å²) < 4.78 is 7.84. The summed E-state index contributed by atoms with van der Waals surface area (Å²) in [6.45, 7) is 3.45. The van der Waals surface area contributed by atoms with E-state index in [1.54, 1.807) is 7.11 Å². The van der Waals surface area contributed by atoms with E-state index in [2.05, 4.69) is 69.5 Å². The van der Waals surface area contributed by atoms with Crippen LogP contribution in [0.25, 0.3) is 11.3 Å². The highest BCUT2D eigenvalue weighted by Gasteiger charge is 2.22. The molecule has 0 spiro atoms. The van der Waals surface area contributed by atoms with Crippen molar-refractivity contribution in [3.05, 3.63) is 78.0 Å². The number of ether oxygens (including phenoxy) is 1. The van der Waals surface area contributed by atoms with E-state index in [1.807, 2.05) is 18.2 Å². The highest BCUT2D eigenvalue weighted by molar-refractivity contribution is 5.67. The van der Waals surface area contributed by atoms with Crippen LogP contribution >= 0.6 is 0 Å². The number of benzene rings is 2. The van der Waals surface area contributed by atoms with Gasteiger partial charge >= 0.3 is 0 Å². The Morgan fingerprint density at radius 1 is 1.07 bits per heavy atom. The molecule has 6 heteroatoms. The predicted octanol–water partition coefficient (Wildman–Crippen LogP) is 3.65. The molecule has 30 heavy (non-hydrogen) atoms. The van der Waals surface area contributed by atoms with Crippen LogP contribution in [0.15, 0.2) is 66.6 Å². The summed E-state index contributed by atoms with van der Waals surface area (Å²) in [6, 6.07) is 16.8. The van der Waals surface area contributed by atoms with Crippen LogP contribution < -0.4 is 15.0 Å². The lowest BCUT2D eigenvalue weighted by Gasteiger charge is -2.24. The fraction of sp³-hybridized carbons (Fsp3) is 0.292. The van der Waals surface area contributed by atoms with Gasteiger partial charge in [0.1, 0.15) is 11.6 Å². The lowest BCUT2D eigenvalue weighted by atomic mass is 10.1. The summed E-state index contributed by atoms with van der Waals surface area (Å²) >= 11 is 0. The highest BCUT2D eigenvalue weighted by atomic mass is 16.5. The molecule has 0 atom stereocenters. The van der Waals surface area contributed by atoms with Crippen LogP contribution in [0.2, 0.25) is 0 Å². The Labute approximate surface area is 177 Å². The second-order valence-electron chi connectivity index (χ2n) is 7.92. The molecule has 3 heterocycles. The number of fused-ring (bicyclic) bond motifs is 2. The van der Waals surface area contributed by atoms with Gasteiger partial charge in [0.25, 0.3) is 0 Å². The Kier molecular flexibility index (Phi) is 4.83. The Bertz CT molecular complexity index is 1090. The number of rotatable bonds is 5. The Balaban J connectivity index is 1.47. The van der Waals surface area contributed by atoms with Crippen LogP contribution in [0.1, 0.15) is 17.8 Å². The molecule has 2 aliphatic heterocycles. The molecule has 0 saturated heterocycles. The van der Waals surface area contributed by atoms with Crippen molar-refractivity contribution < 1.29 is 4.74 Å². The molecule has 0 bridgehead atoms. The minimum Gasteiger partial charge on any atom is -0.496 e. The van der Waals surface area contributed by atoms with E-state index in [0.717, 1.165) is 55.6 Å². The van der Waals surface area contributed by atoms with Crippen molar-refractivity contribution in [2.24, 2.45) is 0 Å². The van der Waals surface area contributed by atoms with Crippen molar-refractivity contribution in [3.63, 3.8) is 0 Å². The zero-order valence-electron chi connectivity index (χ0n) is 17.5. The highest BCUT2D eigenvalue weighted by Crippen LogP contribution is 2.32. The summed E-state index contributed by atoms with van der Waals surface area (Å²) in [5, 5.41) is 3.47. The zero-order valence-corrected chi connectivity index (χ0v) is 17.5. The van der Waals surface area contributed by atoms with E-state index in [1.165, 1.54) is 16.9 Å². The number of para-hydroxylation sites is 2. The summed E-state index contributed by atoms with van der Waals surface area (Å²) in [7, 11) is 3.80. The lowest BCUT2D eigenvalue weighted by molar-refractivity contribution is 0.416. The molecular weight excluding hydrogens is 374 g/mol. The van der Waals surface area contributed by atoms with Gasteiger partial charge in [-0.25, -0.2) is 4.98 Å². The number of anilines is 1. The number of nitrogens with one attached hydrogen (secondary N) is 1. The maximum atomic E-state index is 5.56. The fourth-order valence-electron chi connectivity index (χ4n) is 4.29. The van der Waals surface area contributed by atoms with Crippen molar-refractivity contribution in [1.82, 2.24) is 19.8 Å². The van der Waals surface area contributed by atoms with Gasteiger partial charge in [0, 0.05) is 49.4 Å². The van der Waals surface area contributed by atoms with Crippen LogP contribution in [0, 0.1) is 0 Å². The van der Waals surface area contributed by atoms with Gasteiger partial charge in [-0.05, 0) is 23.8 Å². The van der Waals surface area contributed by atoms with Crippen molar-refractivity contribution in [2.75, 3.05) is 32.3 Å². The summed E-state index contributed by atoms with van der Waals surface area (Å²) in [4.78, 5) is 9.65. The number of imidazole rings is 1. The maximum Gasteiger partial charge on any atom is 0.129 e. The zero-order chi connectivity index (χ0) is 20.5. The van der Waals surface area contributed by atoms with E-state index < -0.39 is 0 Å². The minimum absolute atomic E-state index is 0.787. The maximum absolute atomic E-state index is 5.56. The summed E-state index contributed by atoms with van der Waals surface area (Å²) in [5.74, 6) is 1.93. The van der Waals surface area contributed by atoms with Crippen LogP contribution in [-0.2, 0) is 13.1 Å². The van der Waals surface area contributed by atoms with Crippen LogP contribution in [0.5, 0.6) is 5.75 Å². The molecule has 3 aromatic rings. The molecule has 0 fully saturated rings. The van der Waals surface area contributed by atoms with Crippen LogP contribution in [-0.4, -0.2) is 41.8 Å². The third kappa shape index (κ3) is 3.49. The molecule has 1 aromatic heterocycles. The van der Waals surface area contributed by atoms with Crippen LogP contribution in [0.4, 0.5) is 5.69 Å². The predicted molar refractivity (Wildman–Crippen MR) is 119 cm³/mol. The molecule has 2 aromatic carbocycles. The standard InChI is InChI=1S/C24H27N5O/c1-27-14-19(25-17-27)11-12-28-16-24-26-21(20-8-4-6-10-23(20)30-2)15-29(24)13-18-7-3-5-9-22(18)28/h3-10,14-15,25H,11-13,16-17H2,1-2H3. The number of nitrogens with zero attached hydrogens (tertiary/aromatic N) is 4. The molecule has 154 valence electrons.